The summed E-state index contributed by atoms with van der Waals surface area (Å²) in [5.74, 6) is 1.62. The van der Waals surface area contributed by atoms with Crippen LogP contribution < -0.4 is 25.3 Å². The Morgan fingerprint density at radius 2 is 1.86 bits per heavy atom. The van der Waals surface area contributed by atoms with Crippen molar-refractivity contribution >= 4 is 5.91 Å². The van der Waals surface area contributed by atoms with Crippen LogP contribution in [0.5, 0.6) is 17.2 Å². The molecular formula is C27H37N3O5. The Bertz CT molecular complexity index is 1030. The van der Waals surface area contributed by atoms with Gasteiger partial charge < -0.3 is 30.4 Å². The van der Waals surface area contributed by atoms with Gasteiger partial charge in [0.1, 0.15) is 24.5 Å². The van der Waals surface area contributed by atoms with Gasteiger partial charge >= 0.3 is 0 Å². The molecule has 2 heterocycles. The van der Waals surface area contributed by atoms with Crippen LogP contribution in [0.15, 0.2) is 30.3 Å². The molecule has 190 valence electrons. The van der Waals surface area contributed by atoms with Crippen molar-refractivity contribution in [1.29, 1.82) is 0 Å². The molecule has 8 heteroatoms. The minimum absolute atomic E-state index is 0.246. The third-order valence-corrected chi connectivity index (χ3v) is 7.05. The molecule has 2 aliphatic heterocycles. The molecule has 4 rings (SSSR count). The molecule has 1 fully saturated rings. The van der Waals surface area contributed by atoms with Crippen LogP contribution >= 0.6 is 0 Å². The lowest BCUT2D eigenvalue weighted by atomic mass is 9.91. The minimum Gasteiger partial charge on any atom is -0.497 e. The molecule has 0 saturated carbocycles. The quantitative estimate of drug-likeness (QED) is 0.529. The summed E-state index contributed by atoms with van der Waals surface area (Å²) in [6, 6.07) is 9.43. The molecule has 0 aromatic heterocycles. The SMILES string of the molecule is COc1ccc2c(c1)OCC(C(O)CNC1CCN(C(C(N)=O)c3c(C)cc(C)cc3C)CC1)O2. The summed E-state index contributed by atoms with van der Waals surface area (Å²) >= 11 is 0. The summed E-state index contributed by atoms with van der Waals surface area (Å²) in [5.41, 5.74) is 10.3. The standard InChI is InChI=1S/C27H37N3O5/c1-16-11-17(2)25(18(3)12-16)26(27(28)32)30-9-7-19(8-10-30)29-14-21(31)24-15-34-23-13-20(33-4)5-6-22(23)35-24/h5-6,11-13,19,21,24,26,29,31H,7-10,14-15H2,1-4H3,(H2,28,32). The number of carbonyl (C=O) groups excluding carboxylic acids is 1. The number of amides is 1. The zero-order valence-electron chi connectivity index (χ0n) is 21.0. The van der Waals surface area contributed by atoms with E-state index < -0.39 is 18.2 Å². The van der Waals surface area contributed by atoms with E-state index in [1.54, 1.807) is 19.2 Å². The van der Waals surface area contributed by atoms with E-state index in [0.29, 0.717) is 23.8 Å². The summed E-state index contributed by atoms with van der Waals surface area (Å²) < 4.78 is 17.0. The highest BCUT2D eigenvalue weighted by Crippen LogP contribution is 2.35. The number of rotatable bonds is 8. The predicted octanol–water partition coefficient (Wildman–Crippen LogP) is 2.40. The molecule has 35 heavy (non-hydrogen) atoms. The lowest BCUT2D eigenvalue weighted by molar-refractivity contribution is -0.124. The number of primary amides is 1. The normalized spacial score (nSPS) is 20.3. The second-order valence-corrected chi connectivity index (χ2v) is 9.68. The Balaban J connectivity index is 1.30. The first kappa shape index (κ1) is 25.3. The number of likely N-dealkylation sites (tertiary alicyclic amines) is 1. The van der Waals surface area contributed by atoms with Gasteiger partial charge in [-0.2, -0.15) is 0 Å². The summed E-state index contributed by atoms with van der Waals surface area (Å²) in [6.45, 7) is 8.35. The first-order valence-electron chi connectivity index (χ1n) is 12.3. The van der Waals surface area contributed by atoms with Crippen molar-refractivity contribution in [3.8, 4) is 17.2 Å². The highest BCUT2D eigenvalue weighted by atomic mass is 16.6. The Hall–Kier alpha value is -2.81. The number of piperidine rings is 1. The maximum atomic E-state index is 12.5. The van der Waals surface area contributed by atoms with Gasteiger partial charge in [-0.3, -0.25) is 9.69 Å². The van der Waals surface area contributed by atoms with Crippen LogP contribution in [0.25, 0.3) is 0 Å². The van der Waals surface area contributed by atoms with Gasteiger partial charge in [0, 0.05) is 31.7 Å². The van der Waals surface area contributed by atoms with Gasteiger partial charge in [0.2, 0.25) is 5.91 Å². The third kappa shape index (κ3) is 5.72. The van der Waals surface area contributed by atoms with E-state index in [4.69, 9.17) is 19.9 Å². The summed E-state index contributed by atoms with van der Waals surface area (Å²) in [4.78, 5) is 14.7. The topological polar surface area (TPSA) is 106 Å². The van der Waals surface area contributed by atoms with Gasteiger partial charge in [0.25, 0.3) is 0 Å². The monoisotopic (exact) mass is 483 g/mol. The van der Waals surface area contributed by atoms with E-state index in [0.717, 1.165) is 42.6 Å². The van der Waals surface area contributed by atoms with Crippen LogP contribution in [0, 0.1) is 20.8 Å². The molecule has 0 radical (unpaired) electrons. The molecule has 0 aliphatic carbocycles. The second-order valence-electron chi connectivity index (χ2n) is 9.68. The molecule has 2 aliphatic rings. The predicted molar refractivity (Wildman–Crippen MR) is 134 cm³/mol. The number of nitrogens with zero attached hydrogens (tertiary/aromatic N) is 1. The third-order valence-electron chi connectivity index (χ3n) is 7.05. The summed E-state index contributed by atoms with van der Waals surface area (Å²) in [5, 5.41) is 14.2. The van der Waals surface area contributed by atoms with Crippen molar-refractivity contribution in [1.82, 2.24) is 10.2 Å². The lowest BCUT2D eigenvalue weighted by Crippen LogP contribution is -2.50. The largest absolute Gasteiger partial charge is 0.497 e. The highest BCUT2D eigenvalue weighted by Gasteiger charge is 2.33. The van der Waals surface area contributed by atoms with E-state index in [1.807, 2.05) is 19.9 Å². The van der Waals surface area contributed by atoms with Crippen LogP contribution in [0.3, 0.4) is 0 Å². The van der Waals surface area contributed by atoms with Crippen LogP contribution in [-0.4, -0.2) is 67.5 Å². The van der Waals surface area contributed by atoms with Gasteiger partial charge in [0.15, 0.2) is 17.6 Å². The summed E-state index contributed by atoms with van der Waals surface area (Å²) in [7, 11) is 1.60. The minimum atomic E-state index is -0.709. The number of nitrogens with two attached hydrogens (primary N) is 1. The molecule has 0 bridgehead atoms. The lowest BCUT2D eigenvalue weighted by Gasteiger charge is -2.38. The fraction of sp³-hybridized carbons (Fsp3) is 0.519. The van der Waals surface area contributed by atoms with Crippen LogP contribution in [-0.2, 0) is 4.79 Å². The number of aliphatic hydroxyl groups is 1. The van der Waals surface area contributed by atoms with Gasteiger partial charge in [-0.25, -0.2) is 0 Å². The van der Waals surface area contributed by atoms with E-state index in [9.17, 15) is 9.90 Å². The number of fused-ring (bicyclic) bond motifs is 1. The van der Waals surface area contributed by atoms with E-state index >= 15 is 0 Å². The molecule has 8 nitrogen and oxygen atoms in total. The molecule has 0 spiro atoms. The number of carbonyl (C=O) groups is 1. The Morgan fingerprint density at radius 1 is 1.17 bits per heavy atom. The van der Waals surface area contributed by atoms with E-state index in [2.05, 4.69) is 29.3 Å². The van der Waals surface area contributed by atoms with Crippen molar-refractivity contribution in [3.63, 3.8) is 0 Å². The summed E-state index contributed by atoms with van der Waals surface area (Å²) in [6.07, 6.45) is 0.575. The Labute approximate surface area is 207 Å². The maximum absolute atomic E-state index is 12.5. The Kier molecular flexibility index (Phi) is 7.84. The van der Waals surface area contributed by atoms with Crippen molar-refractivity contribution < 1.29 is 24.1 Å². The zero-order valence-corrected chi connectivity index (χ0v) is 21.0. The average Bonchev–Trinajstić information content (AvgIpc) is 2.84. The highest BCUT2D eigenvalue weighted by molar-refractivity contribution is 5.82. The smallest absolute Gasteiger partial charge is 0.239 e. The molecular weight excluding hydrogens is 446 g/mol. The number of hydrogen-bond acceptors (Lipinski definition) is 7. The molecule has 2 aromatic carbocycles. The van der Waals surface area contributed by atoms with Crippen molar-refractivity contribution in [3.05, 3.63) is 52.6 Å². The average molecular weight is 484 g/mol. The van der Waals surface area contributed by atoms with Crippen LogP contribution in [0.1, 0.15) is 41.1 Å². The van der Waals surface area contributed by atoms with Gasteiger partial charge in [-0.05, 0) is 62.4 Å². The number of methoxy groups -OCH3 is 1. The van der Waals surface area contributed by atoms with Crippen molar-refractivity contribution in [2.45, 2.75) is 57.9 Å². The Morgan fingerprint density at radius 3 is 2.49 bits per heavy atom. The van der Waals surface area contributed by atoms with Gasteiger partial charge in [0.05, 0.1) is 7.11 Å². The molecule has 4 N–H and O–H groups in total. The first-order chi connectivity index (χ1) is 16.8. The fourth-order valence-electron chi connectivity index (χ4n) is 5.29. The van der Waals surface area contributed by atoms with Crippen molar-refractivity contribution in [2.75, 3.05) is 33.4 Å². The fourth-order valence-corrected chi connectivity index (χ4v) is 5.29. The molecule has 3 atom stereocenters. The number of aliphatic hydroxyl groups excluding tert-OH is 1. The van der Waals surface area contributed by atoms with Gasteiger partial charge in [-0.1, -0.05) is 17.7 Å². The van der Waals surface area contributed by atoms with E-state index in [-0.39, 0.29) is 18.6 Å². The first-order valence-corrected chi connectivity index (χ1v) is 12.3. The van der Waals surface area contributed by atoms with Crippen molar-refractivity contribution in [2.24, 2.45) is 5.73 Å². The van der Waals surface area contributed by atoms with Crippen LogP contribution in [0.4, 0.5) is 0 Å². The molecule has 3 unspecified atom stereocenters. The maximum Gasteiger partial charge on any atom is 0.239 e. The molecule has 1 saturated heterocycles. The van der Waals surface area contributed by atoms with Gasteiger partial charge in [-0.15, -0.1) is 0 Å². The molecule has 1 amide bonds. The van der Waals surface area contributed by atoms with E-state index in [1.165, 1.54) is 5.56 Å². The zero-order chi connectivity index (χ0) is 25.1. The molecule has 2 aromatic rings. The second kappa shape index (κ2) is 10.8. The van der Waals surface area contributed by atoms with Crippen LogP contribution in [0.2, 0.25) is 0 Å². The number of aryl methyl sites for hydroxylation is 3. The number of ether oxygens (including phenoxy) is 3. The number of hydrogen-bond donors (Lipinski definition) is 3. The number of benzene rings is 2. The number of nitrogens with one attached hydrogen (secondary N) is 1.